The lowest BCUT2D eigenvalue weighted by Gasteiger charge is -2.23. The quantitative estimate of drug-likeness (QED) is 0.762. The lowest BCUT2D eigenvalue weighted by molar-refractivity contribution is 0.0903. The molecular weight excluding hydrogens is 330 g/mol. The van der Waals surface area contributed by atoms with Crippen molar-refractivity contribution in [3.63, 3.8) is 0 Å². The van der Waals surface area contributed by atoms with Crippen LogP contribution in [0.3, 0.4) is 0 Å². The fraction of sp³-hybridized carbons (Fsp3) is 0.316. The second-order valence-electron chi connectivity index (χ2n) is 6.14. The van der Waals surface area contributed by atoms with Gasteiger partial charge in [0.2, 0.25) is 5.95 Å². The maximum absolute atomic E-state index is 5.41. The van der Waals surface area contributed by atoms with E-state index < -0.39 is 0 Å². The summed E-state index contributed by atoms with van der Waals surface area (Å²) in [7, 11) is 1.65. The van der Waals surface area contributed by atoms with Gasteiger partial charge in [0.05, 0.1) is 19.0 Å². The highest BCUT2D eigenvalue weighted by atomic mass is 16.5. The van der Waals surface area contributed by atoms with Crippen LogP contribution < -0.4 is 10.1 Å². The predicted octanol–water partition coefficient (Wildman–Crippen LogP) is 2.93. The molecule has 26 heavy (non-hydrogen) atoms. The minimum atomic E-state index is 0.357. The number of benzene rings is 1. The number of methoxy groups -OCH3 is 1. The summed E-state index contributed by atoms with van der Waals surface area (Å²) >= 11 is 0. The van der Waals surface area contributed by atoms with Gasteiger partial charge < -0.3 is 14.8 Å². The van der Waals surface area contributed by atoms with Gasteiger partial charge in [-0.2, -0.15) is 5.10 Å². The van der Waals surface area contributed by atoms with Crippen molar-refractivity contribution in [3.8, 4) is 22.7 Å². The van der Waals surface area contributed by atoms with Gasteiger partial charge in [0, 0.05) is 37.2 Å². The molecule has 7 nitrogen and oxygen atoms in total. The number of hydrogen-bond donors (Lipinski definition) is 1. The minimum Gasteiger partial charge on any atom is -0.494 e. The van der Waals surface area contributed by atoms with E-state index in [1.165, 1.54) is 0 Å². The number of aromatic nitrogens is 4. The molecule has 1 fully saturated rings. The second kappa shape index (κ2) is 7.53. The molecule has 1 saturated heterocycles. The van der Waals surface area contributed by atoms with Crippen molar-refractivity contribution in [3.05, 3.63) is 48.9 Å². The summed E-state index contributed by atoms with van der Waals surface area (Å²) in [4.78, 5) is 8.98. The van der Waals surface area contributed by atoms with Crippen molar-refractivity contribution in [1.29, 1.82) is 0 Å². The summed E-state index contributed by atoms with van der Waals surface area (Å²) in [6, 6.07) is 10.0. The van der Waals surface area contributed by atoms with Crippen molar-refractivity contribution in [1.82, 2.24) is 19.7 Å². The Labute approximate surface area is 152 Å². The molecule has 0 aliphatic carbocycles. The van der Waals surface area contributed by atoms with Gasteiger partial charge in [-0.3, -0.25) is 0 Å². The molecule has 1 aliphatic heterocycles. The van der Waals surface area contributed by atoms with Crippen molar-refractivity contribution in [2.75, 3.05) is 25.6 Å². The summed E-state index contributed by atoms with van der Waals surface area (Å²) < 4.78 is 12.6. The first-order valence-electron chi connectivity index (χ1n) is 8.69. The highest BCUT2D eigenvalue weighted by molar-refractivity contribution is 5.59. The van der Waals surface area contributed by atoms with E-state index in [0.717, 1.165) is 48.7 Å². The van der Waals surface area contributed by atoms with E-state index >= 15 is 0 Å². The van der Waals surface area contributed by atoms with Crippen LogP contribution in [0.2, 0.25) is 0 Å². The van der Waals surface area contributed by atoms with E-state index in [1.807, 2.05) is 36.5 Å². The first-order valence-corrected chi connectivity index (χ1v) is 8.69. The molecule has 2 aromatic heterocycles. The Kier molecular flexibility index (Phi) is 4.79. The third-order valence-electron chi connectivity index (χ3n) is 4.42. The van der Waals surface area contributed by atoms with Crippen LogP contribution in [0.1, 0.15) is 12.8 Å². The Morgan fingerprint density at radius 3 is 2.88 bits per heavy atom. The molecule has 0 unspecified atom stereocenters. The zero-order chi connectivity index (χ0) is 17.8. The van der Waals surface area contributed by atoms with Crippen LogP contribution in [-0.2, 0) is 4.74 Å². The van der Waals surface area contributed by atoms with Crippen molar-refractivity contribution in [2.45, 2.75) is 18.9 Å². The molecule has 1 aliphatic rings. The van der Waals surface area contributed by atoms with Crippen LogP contribution in [0.4, 0.5) is 5.95 Å². The van der Waals surface area contributed by atoms with E-state index in [1.54, 1.807) is 24.2 Å². The van der Waals surface area contributed by atoms with Gasteiger partial charge in [-0.05, 0) is 31.0 Å². The maximum atomic E-state index is 5.41. The van der Waals surface area contributed by atoms with Crippen LogP contribution in [-0.4, -0.2) is 46.1 Å². The van der Waals surface area contributed by atoms with E-state index in [4.69, 9.17) is 9.47 Å². The van der Waals surface area contributed by atoms with Gasteiger partial charge in [-0.1, -0.05) is 12.1 Å². The van der Waals surface area contributed by atoms with E-state index in [9.17, 15) is 0 Å². The summed E-state index contributed by atoms with van der Waals surface area (Å²) in [6.45, 7) is 1.56. The standard InChI is InChI=1S/C19H21N5O2/c1-25-18-5-3-2-4-17(18)24-13-14(12-21-24)16-6-9-20-19(23-16)22-15-7-10-26-11-8-15/h2-6,9,12-13,15H,7-8,10-11H2,1H3,(H,20,22,23). The molecule has 0 bridgehead atoms. The molecular formula is C19H21N5O2. The number of hydrogen-bond acceptors (Lipinski definition) is 6. The Morgan fingerprint density at radius 1 is 1.19 bits per heavy atom. The maximum Gasteiger partial charge on any atom is 0.223 e. The average Bonchev–Trinajstić information content (AvgIpc) is 3.19. The molecule has 7 heteroatoms. The Morgan fingerprint density at radius 2 is 2.04 bits per heavy atom. The van der Waals surface area contributed by atoms with Crippen LogP contribution in [0.5, 0.6) is 5.75 Å². The molecule has 0 amide bonds. The normalized spacial score (nSPS) is 15.0. The van der Waals surface area contributed by atoms with Gasteiger partial charge in [0.25, 0.3) is 0 Å². The fourth-order valence-electron chi connectivity index (χ4n) is 3.02. The topological polar surface area (TPSA) is 74.1 Å². The monoisotopic (exact) mass is 351 g/mol. The largest absolute Gasteiger partial charge is 0.494 e. The predicted molar refractivity (Wildman–Crippen MR) is 98.6 cm³/mol. The van der Waals surface area contributed by atoms with E-state index in [0.29, 0.717) is 12.0 Å². The van der Waals surface area contributed by atoms with E-state index in [-0.39, 0.29) is 0 Å². The summed E-state index contributed by atoms with van der Waals surface area (Å²) in [6.07, 6.45) is 7.45. The number of rotatable bonds is 5. The van der Waals surface area contributed by atoms with Crippen LogP contribution in [0, 0.1) is 0 Å². The lowest BCUT2D eigenvalue weighted by atomic mass is 10.1. The Hall–Kier alpha value is -2.93. The molecule has 0 spiro atoms. The molecule has 3 aromatic rings. The van der Waals surface area contributed by atoms with Gasteiger partial charge in [-0.25, -0.2) is 14.6 Å². The third kappa shape index (κ3) is 3.52. The van der Waals surface area contributed by atoms with Crippen molar-refractivity contribution >= 4 is 5.95 Å². The summed E-state index contributed by atoms with van der Waals surface area (Å²) in [5.74, 6) is 1.41. The van der Waals surface area contributed by atoms with Gasteiger partial charge in [0.15, 0.2) is 0 Å². The fourth-order valence-corrected chi connectivity index (χ4v) is 3.02. The SMILES string of the molecule is COc1ccccc1-n1cc(-c2ccnc(NC3CCOCC3)n2)cn1. The van der Waals surface area contributed by atoms with Crippen LogP contribution in [0.25, 0.3) is 16.9 Å². The third-order valence-corrected chi connectivity index (χ3v) is 4.42. The van der Waals surface area contributed by atoms with Crippen LogP contribution in [0.15, 0.2) is 48.9 Å². The highest BCUT2D eigenvalue weighted by Crippen LogP contribution is 2.24. The Balaban J connectivity index is 1.56. The van der Waals surface area contributed by atoms with Gasteiger partial charge in [-0.15, -0.1) is 0 Å². The number of ether oxygens (including phenoxy) is 2. The number of nitrogens with zero attached hydrogens (tertiary/aromatic N) is 4. The summed E-state index contributed by atoms with van der Waals surface area (Å²) in [5.41, 5.74) is 2.64. The van der Waals surface area contributed by atoms with Gasteiger partial charge in [0.1, 0.15) is 11.4 Å². The van der Waals surface area contributed by atoms with Gasteiger partial charge >= 0.3 is 0 Å². The lowest BCUT2D eigenvalue weighted by Crippen LogP contribution is -2.28. The molecule has 0 radical (unpaired) electrons. The Bertz CT molecular complexity index is 874. The molecule has 134 valence electrons. The van der Waals surface area contributed by atoms with Crippen molar-refractivity contribution in [2.24, 2.45) is 0 Å². The van der Waals surface area contributed by atoms with E-state index in [2.05, 4.69) is 20.4 Å². The minimum absolute atomic E-state index is 0.357. The zero-order valence-electron chi connectivity index (χ0n) is 14.6. The summed E-state index contributed by atoms with van der Waals surface area (Å²) in [5, 5.41) is 7.85. The average molecular weight is 351 g/mol. The van der Waals surface area contributed by atoms with Crippen molar-refractivity contribution < 1.29 is 9.47 Å². The molecule has 0 atom stereocenters. The molecule has 4 rings (SSSR count). The second-order valence-corrected chi connectivity index (χ2v) is 6.14. The number of para-hydroxylation sites is 2. The highest BCUT2D eigenvalue weighted by Gasteiger charge is 2.15. The molecule has 0 saturated carbocycles. The smallest absolute Gasteiger partial charge is 0.223 e. The number of nitrogens with one attached hydrogen (secondary N) is 1. The molecule has 3 heterocycles. The first kappa shape index (κ1) is 16.5. The molecule has 1 N–H and O–H groups in total. The first-order chi connectivity index (χ1) is 12.8. The molecule has 1 aromatic carbocycles. The zero-order valence-corrected chi connectivity index (χ0v) is 14.6. The van der Waals surface area contributed by atoms with Crippen LogP contribution >= 0.6 is 0 Å². The number of anilines is 1.